The van der Waals surface area contributed by atoms with Crippen LogP contribution in [-0.4, -0.2) is 10.7 Å². The predicted molar refractivity (Wildman–Crippen MR) is 97.4 cm³/mol. The Balaban J connectivity index is 1.86. The van der Waals surface area contributed by atoms with Crippen LogP contribution >= 0.6 is 0 Å². The molecule has 0 saturated carbocycles. The summed E-state index contributed by atoms with van der Waals surface area (Å²) in [5, 5.41) is 10.8. The van der Waals surface area contributed by atoms with Crippen LogP contribution in [0.4, 0.5) is 4.39 Å². The molecule has 0 saturated heterocycles. The Bertz CT molecular complexity index is 849. The minimum Gasteiger partial charge on any atom is -0.507 e. The number of hydrogen-bond donors (Lipinski definition) is 1. The number of aromatic hydroxyl groups is 1. The van der Waals surface area contributed by atoms with Crippen molar-refractivity contribution in [1.82, 2.24) is 0 Å². The van der Waals surface area contributed by atoms with Gasteiger partial charge in [0.05, 0.1) is 0 Å². The summed E-state index contributed by atoms with van der Waals surface area (Å²) in [7, 11) is 0. The second-order valence-electron chi connectivity index (χ2n) is 7.80. The number of ether oxygens (including phenoxy) is 1. The van der Waals surface area contributed by atoms with Gasteiger partial charge in [0.15, 0.2) is 0 Å². The van der Waals surface area contributed by atoms with Gasteiger partial charge in [0, 0.05) is 17.4 Å². The fourth-order valence-electron chi connectivity index (χ4n) is 4.33. The van der Waals surface area contributed by atoms with Crippen molar-refractivity contribution in [3.05, 3.63) is 59.4 Å². The third-order valence-electron chi connectivity index (χ3n) is 5.64. The number of fused-ring (bicyclic) bond motifs is 3. The Hall–Kier alpha value is -2.29. The van der Waals surface area contributed by atoms with Crippen molar-refractivity contribution in [2.75, 3.05) is 0 Å². The third kappa shape index (κ3) is 2.72. The van der Waals surface area contributed by atoms with Crippen molar-refractivity contribution in [3.63, 3.8) is 0 Å². The van der Waals surface area contributed by atoms with Gasteiger partial charge < -0.3 is 9.84 Å². The van der Waals surface area contributed by atoms with Crippen LogP contribution in [0.15, 0.2) is 48.0 Å². The Labute approximate surface area is 148 Å². The first-order valence-corrected chi connectivity index (χ1v) is 8.84. The van der Waals surface area contributed by atoms with Gasteiger partial charge in [-0.2, -0.15) is 0 Å². The van der Waals surface area contributed by atoms with Crippen LogP contribution in [0.1, 0.15) is 45.1 Å². The van der Waals surface area contributed by atoms with Crippen LogP contribution in [0.2, 0.25) is 0 Å². The Kier molecular flexibility index (Phi) is 3.64. The summed E-state index contributed by atoms with van der Waals surface area (Å²) in [6.45, 7) is 6.41. The molecule has 2 nitrogen and oxygen atoms in total. The molecule has 130 valence electrons. The summed E-state index contributed by atoms with van der Waals surface area (Å²) >= 11 is 0. The number of phenols is 1. The maximum Gasteiger partial charge on any atom is 0.128 e. The van der Waals surface area contributed by atoms with Gasteiger partial charge in [-0.3, -0.25) is 0 Å². The molecule has 2 aromatic carbocycles. The molecular formula is C22H23FO2. The first-order chi connectivity index (χ1) is 11.8. The number of hydrogen-bond acceptors (Lipinski definition) is 2. The highest BCUT2D eigenvalue weighted by atomic mass is 19.1. The van der Waals surface area contributed by atoms with Crippen LogP contribution in [0.3, 0.4) is 0 Å². The molecule has 3 heteroatoms. The van der Waals surface area contributed by atoms with Crippen molar-refractivity contribution in [1.29, 1.82) is 0 Å². The summed E-state index contributed by atoms with van der Waals surface area (Å²) in [6.07, 6.45) is 4.44. The number of rotatable bonds is 1. The van der Waals surface area contributed by atoms with E-state index in [-0.39, 0.29) is 23.1 Å². The second kappa shape index (κ2) is 5.62. The van der Waals surface area contributed by atoms with Gasteiger partial charge in [0.2, 0.25) is 0 Å². The maximum atomic E-state index is 13.2. The highest BCUT2D eigenvalue weighted by Gasteiger charge is 2.45. The van der Waals surface area contributed by atoms with Crippen molar-refractivity contribution in [3.8, 4) is 22.6 Å². The van der Waals surface area contributed by atoms with Crippen molar-refractivity contribution in [2.24, 2.45) is 5.92 Å². The lowest BCUT2D eigenvalue weighted by atomic mass is 9.68. The monoisotopic (exact) mass is 338 g/mol. The molecular weight excluding hydrogens is 315 g/mol. The van der Waals surface area contributed by atoms with Gasteiger partial charge in [-0.25, -0.2) is 4.39 Å². The second-order valence-corrected chi connectivity index (χ2v) is 7.80. The third-order valence-corrected chi connectivity index (χ3v) is 5.64. The van der Waals surface area contributed by atoms with Crippen molar-refractivity contribution >= 4 is 0 Å². The van der Waals surface area contributed by atoms with Crippen LogP contribution < -0.4 is 4.74 Å². The molecule has 0 amide bonds. The summed E-state index contributed by atoms with van der Waals surface area (Å²) < 4.78 is 19.5. The van der Waals surface area contributed by atoms with Gasteiger partial charge in [-0.05, 0) is 69.0 Å². The molecule has 2 unspecified atom stereocenters. The fraction of sp³-hybridized carbons (Fsp3) is 0.364. The summed E-state index contributed by atoms with van der Waals surface area (Å²) in [6, 6.07) is 10.0. The molecule has 25 heavy (non-hydrogen) atoms. The SMILES string of the molecule is CC1=CC2c3c(O)cc(-c4ccc(F)cc4)cc3OC(C)(C)C2CC1. The van der Waals surface area contributed by atoms with E-state index in [9.17, 15) is 9.50 Å². The van der Waals surface area contributed by atoms with Gasteiger partial charge in [-0.1, -0.05) is 23.8 Å². The predicted octanol–water partition coefficient (Wildman–Crippen LogP) is 5.81. The van der Waals surface area contributed by atoms with E-state index >= 15 is 0 Å². The number of benzene rings is 2. The molecule has 0 bridgehead atoms. The van der Waals surface area contributed by atoms with Gasteiger partial charge in [0.25, 0.3) is 0 Å². The molecule has 2 aromatic rings. The lowest BCUT2D eigenvalue weighted by molar-refractivity contribution is 0.0109. The first kappa shape index (κ1) is 16.2. The maximum absolute atomic E-state index is 13.2. The van der Waals surface area contributed by atoms with E-state index in [4.69, 9.17) is 4.74 Å². The quantitative estimate of drug-likeness (QED) is 0.665. The van der Waals surface area contributed by atoms with Crippen LogP contribution in [-0.2, 0) is 0 Å². The smallest absolute Gasteiger partial charge is 0.128 e. The van der Waals surface area contributed by atoms with Gasteiger partial charge in [0.1, 0.15) is 22.9 Å². The molecule has 4 rings (SSSR count). The topological polar surface area (TPSA) is 29.5 Å². The largest absolute Gasteiger partial charge is 0.507 e. The average Bonchev–Trinajstić information content (AvgIpc) is 2.54. The zero-order chi connectivity index (χ0) is 17.8. The molecule has 0 fully saturated rings. The fourth-order valence-corrected chi connectivity index (χ4v) is 4.33. The Morgan fingerprint density at radius 2 is 1.84 bits per heavy atom. The van der Waals surface area contributed by atoms with Gasteiger partial charge >= 0.3 is 0 Å². The van der Waals surface area contributed by atoms with Gasteiger partial charge in [-0.15, -0.1) is 0 Å². The van der Waals surface area contributed by atoms with Crippen LogP contribution in [0, 0.1) is 11.7 Å². The highest BCUT2D eigenvalue weighted by molar-refractivity contribution is 5.70. The summed E-state index contributed by atoms with van der Waals surface area (Å²) in [5.41, 5.74) is 3.66. The van der Waals surface area contributed by atoms with E-state index < -0.39 is 0 Å². The van der Waals surface area contributed by atoms with Crippen LogP contribution in [0.25, 0.3) is 11.1 Å². The molecule has 2 atom stereocenters. The molecule has 0 aromatic heterocycles. The van der Waals surface area contributed by atoms with E-state index in [1.54, 1.807) is 18.2 Å². The number of allylic oxidation sites excluding steroid dienone is 2. The Morgan fingerprint density at radius 3 is 2.56 bits per heavy atom. The Morgan fingerprint density at radius 1 is 1.12 bits per heavy atom. The van der Waals surface area contributed by atoms with E-state index in [1.807, 2.05) is 6.07 Å². The zero-order valence-corrected chi connectivity index (χ0v) is 14.8. The molecule has 2 aliphatic rings. The molecule has 1 aliphatic heterocycles. The van der Waals surface area contributed by atoms with Crippen molar-refractivity contribution < 1.29 is 14.2 Å². The first-order valence-electron chi connectivity index (χ1n) is 8.84. The molecule has 0 radical (unpaired) electrons. The van der Waals surface area contributed by atoms with Crippen molar-refractivity contribution in [2.45, 2.75) is 45.1 Å². The highest BCUT2D eigenvalue weighted by Crippen LogP contribution is 2.54. The summed E-state index contributed by atoms with van der Waals surface area (Å²) in [4.78, 5) is 0. The minimum atomic E-state index is -0.289. The molecule has 1 aliphatic carbocycles. The van der Waals surface area contributed by atoms with E-state index in [1.165, 1.54) is 17.7 Å². The lowest BCUT2D eigenvalue weighted by Gasteiger charge is -2.46. The zero-order valence-electron chi connectivity index (χ0n) is 14.8. The average molecular weight is 338 g/mol. The standard InChI is InChI=1S/C22H23FO2/c1-13-4-9-18-17(10-13)21-19(24)11-15(12-20(21)25-22(18,2)3)14-5-7-16(23)8-6-14/h5-8,10-12,17-18,24H,4,9H2,1-3H3. The van der Waals surface area contributed by atoms with E-state index in [0.717, 1.165) is 35.3 Å². The normalized spacial score (nSPS) is 23.9. The van der Waals surface area contributed by atoms with E-state index in [0.29, 0.717) is 5.92 Å². The lowest BCUT2D eigenvalue weighted by Crippen LogP contribution is -2.45. The number of phenolic OH excluding ortho intramolecular Hbond substituents is 1. The van der Waals surface area contributed by atoms with E-state index in [2.05, 4.69) is 26.8 Å². The molecule has 1 N–H and O–H groups in total. The number of halogens is 1. The summed E-state index contributed by atoms with van der Waals surface area (Å²) in [5.74, 6) is 1.25. The van der Waals surface area contributed by atoms with Crippen LogP contribution in [0.5, 0.6) is 11.5 Å². The molecule has 1 heterocycles. The molecule has 0 spiro atoms. The minimum absolute atomic E-state index is 0.176.